The summed E-state index contributed by atoms with van der Waals surface area (Å²) < 4.78 is 0. The van der Waals surface area contributed by atoms with Gasteiger partial charge in [-0.1, -0.05) is 13.0 Å². The maximum Gasteiger partial charge on any atom is 0.0892 e. The standard InChI is InChI=1S/C8H16N2/c1-3-4-7(2)5-6-8(9)10/h3,6-7H,1,4-5,9-10H2,2H3. The summed E-state index contributed by atoms with van der Waals surface area (Å²) in [6.45, 7) is 5.78. The van der Waals surface area contributed by atoms with Crippen molar-refractivity contribution in [1.29, 1.82) is 0 Å². The number of rotatable bonds is 4. The third-order valence-electron chi connectivity index (χ3n) is 1.32. The van der Waals surface area contributed by atoms with Gasteiger partial charge in [0.25, 0.3) is 0 Å². The second-order valence-electron chi connectivity index (χ2n) is 2.57. The molecular weight excluding hydrogens is 124 g/mol. The van der Waals surface area contributed by atoms with Crippen LogP contribution in [-0.2, 0) is 0 Å². The van der Waals surface area contributed by atoms with Crippen molar-refractivity contribution in [2.75, 3.05) is 0 Å². The monoisotopic (exact) mass is 140 g/mol. The molecule has 0 radical (unpaired) electrons. The smallest absolute Gasteiger partial charge is 0.0892 e. The van der Waals surface area contributed by atoms with E-state index in [-0.39, 0.29) is 0 Å². The van der Waals surface area contributed by atoms with Crippen LogP contribution in [0.15, 0.2) is 24.6 Å². The Morgan fingerprint density at radius 1 is 1.50 bits per heavy atom. The summed E-state index contributed by atoms with van der Waals surface area (Å²) in [5.74, 6) is 1.01. The van der Waals surface area contributed by atoms with Gasteiger partial charge in [0.2, 0.25) is 0 Å². The Hall–Kier alpha value is -0.920. The molecule has 0 spiro atoms. The van der Waals surface area contributed by atoms with Crippen LogP contribution in [0.1, 0.15) is 19.8 Å². The molecule has 0 fully saturated rings. The normalized spacial score (nSPS) is 12.1. The van der Waals surface area contributed by atoms with E-state index in [1.165, 1.54) is 0 Å². The van der Waals surface area contributed by atoms with Crippen molar-refractivity contribution in [3.63, 3.8) is 0 Å². The minimum Gasteiger partial charge on any atom is -0.386 e. The first kappa shape index (κ1) is 9.08. The molecule has 0 aromatic rings. The van der Waals surface area contributed by atoms with Crippen molar-refractivity contribution in [2.45, 2.75) is 19.8 Å². The van der Waals surface area contributed by atoms with E-state index in [2.05, 4.69) is 13.5 Å². The number of hydrogen-bond acceptors (Lipinski definition) is 2. The highest BCUT2D eigenvalue weighted by Crippen LogP contribution is 2.07. The van der Waals surface area contributed by atoms with Crippen molar-refractivity contribution in [1.82, 2.24) is 0 Å². The third kappa shape index (κ3) is 5.22. The average Bonchev–Trinajstić information content (AvgIpc) is 1.85. The Balaban J connectivity index is 3.48. The van der Waals surface area contributed by atoms with Gasteiger partial charge >= 0.3 is 0 Å². The fourth-order valence-corrected chi connectivity index (χ4v) is 0.718. The molecule has 0 saturated heterocycles. The molecule has 0 aromatic heterocycles. The van der Waals surface area contributed by atoms with E-state index < -0.39 is 0 Å². The number of allylic oxidation sites excluding steroid dienone is 2. The molecule has 0 rings (SSSR count). The average molecular weight is 140 g/mol. The number of hydrogen-bond donors (Lipinski definition) is 2. The highest BCUT2D eigenvalue weighted by atomic mass is 14.8. The van der Waals surface area contributed by atoms with Gasteiger partial charge in [-0.05, 0) is 24.8 Å². The number of nitrogens with two attached hydrogens (primary N) is 2. The molecule has 0 amide bonds. The topological polar surface area (TPSA) is 52.0 Å². The fourth-order valence-electron chi connectivity index (χ4n) is 0.718. The lowest BCUT2D eigenvalue weighted by Crippen LogP contribution is -2.08. The van der Waals surface area contributed by atoms with Crippen molar-refractivity contribution < 1.29 is 0 Å². The zero-order valence-electron chi connectivity index (χ0n) is 6.51. The van der Waals surface area contributed by atoms with Crippen molar-refractivity contribution in [3.8, 4) is 0 Å². The summed E-state index contributed by atoms with van der Waals surface area (Å²) in [7, 11) is 0. The molecule has 1 atom stereocenters. The second kappa shape index (κ2) is 4.91. The zero-order valence-corrected chi connectivity index (χ0v) is 6.51. The summed E-state index contributed by atoms with van der Waals surface area (Å²) in [4.78, 5) is 0. The second-order valence-corrected chi connectivity index (χ2v) is 2.57. The van der Waals surface area contributed by atoms with Gasteiger partial charge in [0, 0.05) is 0 Å². The van der Waals surface area contributed by atoms with Crippen LogP contribution in [0, 0.1) is 5.92 Å². The van der Waals surface area contributed by atoms with Crippen LogP contribution in [0.2, 0.25) is 0 Å². The van der Waals surface area contributed by atoms with Gasteiger partial charge in [-0.25, -0.2) is 0 Å². The van der Waals surface area contributed by atoms with Crippen LogP contribution in [-0.4, -0.2) is 0 Å². The van der Waals surface area contributed by atoms with Gasteiger partial charge in [0.15, 0.2) is 0 Å². The summed E-state index contributed by atoms with van der Waals surface area (Å²) in [6, 6.07) is 0. The molecule has 0 aromatic carbocycles. The van der Waals surface area contributed by atoms with E-state index in [9.17, 15) is 0 Å². The lowest BCUT2D eigenvalue weighted by atomic mass is 10.0. The molecular formula is C8H16N2. The van der Waals surface area contributed by atoms with Gasteiger partial charge in [-0.2, -0.15) is 0 Å². The van der Waals surface area contributed by atoms with Crippen LogP contribution in [0.4, 0.5) is 0 Å². The Morgan fingerprint density at radius 3 is 2.50 bits per heavy atom. The first-order valence-corrected chi connectivity index (χ1v) is 3.48. The summed E-state index contributed by atoms with van der Waals surface area (Å²) in [5, 5.41) is 0. The molecule has 0 saturated carbocycles. The maximum absolute atomic E-state index is 5.25. The maximum atomic E-state index is 5.25. The van der Waals surface area contributed by atoms with Crippen LogP contribution in [0.25, 0.3) is 0 Å². The van der Waals surface area contributed by atoms with Gasteiger partial charge in [0.05, 0.1) is 5.82 Å². The minimum atomic E-state index is 0.413. The van der Waals surface area contributed by atoms with E-state index in [0.29, 0.717) is 11.7 Å². The molecule has 0 aliphatic heterocycles. The van der Waals surface area contributed by atoms with Crippen molar-refractivity contribution in [2.24, 2.45) is 17.4 Å². The van der Waals surface area contributed by atoms with Gasteiger partial charge in [0.1, 0.15) is 0 Å². The van der Waals surface area contributed by atoms with Crippen LogP contribution >= 0.6 is 0 Å². The first-order valence-electron chi connectivity index (χ1n) is 3.48. The minimum absolute atomic E-state index is 0.413. The largest absolute Gasteiger partial charge is 0.386 e. The van der Waals surface area contributed by atoms with E-state index in [1.54, 1.807) is 0 Å². The van der Waals surface area contributed by atoms with Crippen LogP contribution in [0.3, 0.4) is 0 Å². The van der Waals surface area contributed by atoms with Crippen LogP contribution in [0.5, 0.6) is 0 Å². The van der Waals surface area contributed by atoms with E-state index >= 15 is 0 Å². The molecule has 4 N–H and O–H groups in total. The Bertz CT molecular complexity index is 123. The zero-order chi connectivity index (χ0) is 7.98. The molecule has 0 aliphatic carbocycles. The van der Waals surface area contributed by atoms with Crippen LogP contribution < -0.4 is 11.5 Å². The molecule has 2 heteroatoms. The Kier molecular flexibility index (Phi) is 4.46. The third-order valence-corrected chi connectivity index (χ3v) is 1.32. The van der Waals surface area contributed by atoms with Crippen molar-refractivity contribution in [3.05, 3.63) is 24.6 Å². The molecule has 58 valence electrons. The predicted octanol–water partition coefficient (Wildman–Crippen LogP) is 1.35. The Morgan fingerprint density at radius 2 is 2.10 bits per heavy atom. The molecule has 0 heterocycles. The molecule has 1 unspecified atom stereocenters. The van der Waals surface area contributed by atoms with Gasteiger partial charge in [-0.15, -0.1) is 6.58 Å². The van der Waals surface area contributed by atoms with E-state index in [0.717, 1.165) is 12.8 Å². The lowest BCUT2D eigenvalue weighted by molar-refractivity contribution is 0.601. The summed E-state index contributed by atoms with van der Waals surface area (Å²) in [6.07, 6.45) is 5.71. The van der Waals surface area contributed by atoms with E-state index in [4.69, 9.17) is 11.5 Å². The summed E-state index contributed by atoms with van der Waals surface area (Å²) in [5.41, 5.74) is 10.5. The van der Waals surface area contributed by atoms with Crippen molar-refractivity contribution >= 4 is 0 Å². The summed E-state index contributed by atoms with van der Waals surface area (Å²) >= 11 is 0. The van der Waals surface area contributed by atoms with E-state index in [1.807, 2.05) is 12.2 Å². The lowest BCUT2D eigenvalue weighted by Gasteiger charge is -2.03. The quantitative estimate of drug-likeness (QED) is 0.579. The fraction of sp³-hybridized carbons (Fsp3) is 0.500. The highest BCUT2D eigenvalue weighted by Gasteiger charge is 1.95. The highest BCUT2D eigenvalue weighted by molar-refractivity contribution is 4.91. The Labute approximate surface area is 62.6 Å². The first-order chi connectivity index (χ1) is 4.66. The van der Waals surface area contributed by atoms with Gasteiger partial charge < -0.3 is 11.5 Å². The molecule has 2 nitrogen and oxygen atoms in total. The SMILES string of the molecule is C=CCC(C)CC=C(N)N. The molecule has 0 aliphatic rings. The molecule has 10 heavy (non-hydrogen) atoms. The molecule has 0 bridgehead atoms. The predicted molar refractivity (Wildman–Crippen MR) is 45.1 cm³/mol. The van der Waals surface area contributed by atoms with Gasteiger partial charge in [-0.3, -0.25) is 0 Å².